The summed E-state index contributed by atoms with van der Waals surface area (Å²) in [5, 5.41) is 4.45. The Morgan fingerprint density at radius 2 is 1.50 bits per heavy atom. The lowest BCUT2D eigenvalue weighted by molar-refractivity contribution is -0.0503. The highest BCUT2D eigenvalue weighted by molar-refractivity contribution is 5.98. The van der Waals surface area contributed by atoms with Gasteiger partial charge in [-0.1, -0.05) is 12.1 Å². The second-order valence-electron chi connectivity index (χ2n) is 7.89. The molecule has 4 rings (SSSR count). The van der Waals surface area contributed by atoms with E-state index in [-0.39, 0.29) is 49.2 Å². The molecule has 0 unspecified atom stereocenters. The number of amides is 2. The molecular weight excluding hydrogens is 449 g/mol. The van der Waals surface area contributed by atoms with Crippen molar-refractivity contribution < 1.29 is 27.5 Å². The van der Waals surface area contributed by atoms with E-state index < -0.39 is 12.5 Å². The van der Waals surface area contributed by atoms with Crippen molar-refractivity contribution in [2.24, 2.45) is 0 Å². The molecule has 0 bridgehead atoms. The molecule has 1 aromatic heterocycles. The van der Waals surface area contributed by atoms with Crippen molar-refractivity contribution in [3.8, 4) is 11.4 Å². The van der Waals surface area contributed by atoms with Crippen molar-refractivity contribution in [2.45, 2.75) is 20.5 Å². The molecule has 0 spiro atoms. The van der Waals surface area contributed by atoms with E-state index >= 15 is 0 Å². The highest BCUT2D eigenvalue weighted by atomic mass is 19.3. The SMILES string of the molecule is Cc1nn(-c2ccc(F)cc2)c(C)c1C(=O)N1CCN(C(=O)c2ccccc2OC(F)F)CC1. The minimum Gasteiger partial charge on any atom is -0.434 e. The minimum atomic E-state index is -3.04. The Morgan fingerprint density at radius 1 is 0.912 bits per heavy atom. The van der Waals surface area contributed by atoms with Gasteiger partial charge in [0.15, 0.2) is 0 Å². The number of carbonyl (C=O) groups is 2. The Balaban J connectivity index is 1.47. The predicted molar refractivity (Wildman–Crippen MR) is 118 cm³/mol. The van der Waals surface area contributed by atoms with Crippen LogP contribution in [0, 0.1) is 19.7 Å². The van der Waals surface area contributed by atoms with Gasteiger partial charge in [-0.3, -0.25) is 9.59 Å². The molecule has 10 heteroatoms. The molecule has 2 aromatic carbocycles. The van der Waals surface area contributed by atoms with Crippen molar-refractivity contribution in [3.63, 3.8) is 0 Å². The summed E-state index contributed by atoms with van der Waals surface area (Å²) in [4.78, 5) is 29.3. The number of carbonyl (C=O) groups excluding carboxylic acids is 2. The minimum absolute atomic E-state index is 0.0508. The van der Waals surface area contributed by atoms with Crippen LogP contribution in [0.3, 0.4) is 0 Å². The molecule has 0 aliphatic carbocycles. The van der Waals surface area contributed by atoms with Gasteiger partial charge in [0, 0.05) is 26.2 Å². The Morgan fingerprint density at radius 3 is 2.12 bits per heavy atom. The van der Waals surface area contributed by atoms with Crippen LogP contribution < -0.4 is 4.74 Å². The molecular formula is C24H23F3N4O3. The third kappa shape index (κ3) is 4.61. The fourth-order valence-corrected chi connectivity index (χ4v) is 4.07. The zero-order chi connectivity index (χ0) is 24.4. The van der Waals surface area contributed by atoms with Crippen LogP contribution in [-0.2, 0) is 0 Å². The number of nitrogens with zero attached hydrogens (tertiary/aromatic N) is 4. The maximum absolute atomic E-state index is 13.3. The standard InChI is InChI=1S/C24H23F3N4O3/c1-15-21(16(2)31(28-15)18-9-7-17(25)8-10-18)23(33)30-13-11-29(12-14-30)22(32)19-5-3-4-6-20(19)34-24(26)27/h3-10,24H,11-14H2,1-2H3. The summed E-state index contributed by atoms with van der Waals surface area (Å²) in [5.74, 6) is -1.19. The van der Waals surface area contributed by atoms with Crippen LogP contribution in [0.5, 0.6) is 5.75 Å². The molecule has 1 saturated heterocycles. The highest BCUT2D eigenvalue weighted by Crippen LogP contribution is 2.24. The predicted octanol–water partition coefficient (Wildman–Crippen LogP) is 3.83. The molecule has 0 saturated carbocycles. The fourth-order valence-electron chi connectivity index (χ4n) is 4.07. The van der Waals surface area contributed by atoms with Crippen LogP contribution in [0.4, 0.5) is 13.2 Å². The lowest BCUT2D eigenvalue weighted by Crippen LogP contribution is -2.50. The number of para-hydroxylation sites is 1. The van der Waals surface area contributed by atoms with E-state index in [1.807, 2.05) is 0 Å². The summed E-state index contributed by atoms with van der Waals surface area (Å²) in [6.45, 7) is 1.53. The van der Waals surface area contributed by atoms with Crippen LogP contribution >= 0.6 is 0 Å². The average molecular weight is 472 g/mol. The first-order valence-electron chi connectivity index (χ1n) is 10.7. The van der Waals surface area contributed by atoms with Crippen LogP contribution in [0.1, 0.15) is 32.1 Å². The molecule has 0 radical (unpaired) electrons. The summed E-state index contributed by atoms with van der Waals surface area (Å²) in [7, 11) is 0. The van der Waals surface area contributed by atoms with Gasteiger partial charge in [0.2, 0.25) is 0 Å². The first-order chi connectivity index (χ1) is 16.3. The van der Waals surface area contributed by atoms with Crippen molar-refractivity contribution in [1.82, 2.24) is 19.6 Å². The van der Waals surface area contributed by atoms with E-state index in [4.69, 9.17) is 0 Å². The quantitative estimate of drug-likeness (QED) is 0.566. The molecule has 1 aliphatic rings. The van der Waals surface area contributed by atoms with E-state index in [1.165, 1.54) is 35.2 Å². The van der Waals surface area contributed by atoms with Gasteiger partial charge in [-0.2, -0.15) is 13.9 Å². The van der Waals surface area contributed by atoms with Crippen molar-refractivity contribution in [1.29, 1.82) is 0 Å². The summed E-state index contributed by atoms with van der Waals surface area (Å²) < 4.78 is 44.7. The number of benzene rings is 2. The van der Waals surface area contributed by atoms with E-state index in [0.717, 1.165) is 0 Å². The van der Waals surface area contributed by atoms with Gasteiger partial charge < -0.3 is 14.5 Å². The Kier molecular flexibility index (Phi) is 6.58. The average Bonchev–Trinajstić information content (AvgIpc) is 3.12. The number of ether oxygens (including phenoxy) is 1. The van der Waals surface area contributed by atoms with E-state index in [0.29, 0.717) is 22.6 Å². The normalized spacial score (nSPS) is 13.9. The van der Waals surface area contributed by atoms with Gasteiger partial charge in [-0.15, -0.1) is 0 Å². The number of hydrogen-bond donors (Lipinski definition) is 0. The summed E-state index contributed by atoms with van der Waals surface area (Å²) in [6, 6.07) is 11.7. The van der Waals surface area contributed by atoms with E-state index in [1.54, 1.807) is 41.6 Å². The van der Waals surface area contributed by atoms with E-state index in [9.17, 15) is 22.8 Å². The third-order valence-corrected chi connectivity index (χ3v) is 5.76. The number of halogens is 3. The second kappa shape index (κ2) is 9.58. The zero-order valence-electron chi connectivity index (χ0n) is 18.7. The van der Waals surface area contributed by atoms with Crippen molar-refractivity contribution in [3.05, 3.63) is 76.9 Å². The van der Waals surface area contributed by atoms with Crippen LogP contribution in [0.15, 0.2) is 48.5 Å². The number of alkyl halides is 2. The lowest BCUT2D eigenvalue weighted by atomic mass is 10.1. The zero-order valence-corrected chi connectivity index (χ0v) is 18.7. The Bertz CT molecular complexity index is 1200. The largest absolute Gasteiger partial charge is 0.434 e. The van der Waals surface area contributed by atoms with Crippen molar-refractivity contribution in [2.75, 3.05) is 26.2 Å². The third-order valence-electron chi connectivity index (χ3n) is 5.76. The number of hydrogen-bond acceptors (Lipinski definition) is 4. The van der Waals surface area contributed by atoms with Gasteiger partial charge >= 0.3 is 6.61 Å². The first kappa shape index (κ1) is 23.3. The maximum atomic E-state index is 13.3. The number of aromatic nitrogens is 2. The van der Waals surface area contributed by atoms with Crippen LogP contribution in [0.25, 0.3) is 5.69 Å². The lowest BCUT2D eigenvalue weighted by Gasteiger charge is -2.35. The molecule has 0 atom stereocenters. The first-order valence-corrected chi connectivity index (χ1v) is 10.7. The number of piperazine rings is 1. The van der Waals surface area contributed by atoms with E-state index in [2.05, 4.69) is 9.84 Å². The summed E-state index contributed by atoms with van der Waals surface area (Å²) in [6.07, 6.45) is 0. The maximum Gasteiger partial charge on any atom is 0.387 e. The monoisotopic (exact) mass is 472 g/mol. The van der Waals surface area contributed by atoms with Crippen LogP contribution in [0.2, 0.25) is 0 Å². The van der Waals surface area contributed by atoms with Crippen molar-refractivity contribution >= 4 is 11.8 Å². The number of rotatable bonds is 5. The molecule has 3 aromatic rings. The molecule has 178 valence electrons. The van der Waals surface area contributed by atoms with Gasteiger partial charge in [0.05, 0.1) is 28.2 Å². The van der Waals surface area contributed by atoms with Gasteiger partial charge in [0.25, 0.3) is 11.8 Å². The molecule has 1 fully saturated rings. The molecule has 0 N–H and O–H groups in total. The molecule has 1 aliphatic heterocycles. The second-order valence-corrected chi connectivity index (χ2v) is 7.89. The van der Waals surface area contributed by atoms with Gasteiger partial charge in [-0.05, 0) is 50.2 Å². The topological polar surface area (TPSA) is 67.7 Å². The molecule has 7 nitrogen and oxygen atoms in total. The highest BCUT2D eigenvalue weighted by Gasteiger charge is 2.30. The number of aryl methyl sites for hydroxylation is 1. The Labute approximate surface area is 194 Å². The van der Waals surface area contributed by atoms with Gasteiger partial charge in [0.1, 0.15) is 11.6 Å². The summed E-state index contributed by atoms with van der Waals surface area (Å²) in [5.41, 5.74) is 2.32. The molecule has 2 heterocycles. The van der Waals surface area contributed by atoms with Gasteiger partial charge in [-0.25, -0.2) is 9.07 Å². The molecule has 2 amide bonds. The fraction of sp³-hybridized carbons (Fsp3) is 0.292. The smallest absolute Gasteiger partial charge is 0.387 e. The molecule has 34 heavy (non-hydrogen) atoms. The Hall–Kier alpha value is -3.82. The summed E-state index contributed by atoms with van der Waals surface area (Å²) >= 11 is 0. The van der Waals surface area contributed by atoms with Crippen LogP contribution in [-0.4, -0.2) is 64.2 Å².